The van der Waals surface area contributed by atoms with Crippen LogP contribution in [0.1, 0.15) is 62.5 Å². The van der Waals surface area contributed by atoms with Crippen LogP contribution < -0.4 is 15.2 Å². The number of hydrogen-bond acceptors (Lipinski definition) is 7. The van der Waals surface area contributed by atoms with Crippen LogP contribution in [0.2, 0.25) is 5.02 Å². The molecule has 2 aliphatic heterocycles. The first-order valence-electron chi connectivity index (χ1n) is 14.8. The summed E-state index contributed by atoms with van der Waals surface area (Å²) < 4.78 is 49.8. The van der Waals surface area contributed by atoms with Gasteiger partial charge in [0.1, 0.15) is 23.8 Å². The molecule has 9 nitrogen and oxygen atoms in total. The Labute approximate surface area is 270 Å². The fourth-order valence-electron chi connectivity index (χ4n) is 6.25. The van der Waals surface area contributed by atoms with Gasteiger partial charge in [-0.2, -0.15) is 0 Å². The van der Waals surface area contributed by atoms with E-state index >= 15 is 8.78 Å². The number of aliphatic hydroxyl groups excluding tert-OH is 1. The van der Waals surface area contributed by atoms with E-state index in [1.54, 1.807) is 58.0 Å². The summed E-state index contributed by atoms with van der Waals surface area (Å²) in [5, 5.41) is 20.5. The van der Waals surface area contributed by atoms with E-state index in [1.165, 1.54) is 24.0 Å². The van der Waals surface area contributed by atoms with Crippen molar-refractivity contribution < 1.29 is 42.8 Å². The highest BCUT2D eigenvalue weighted by molar-refractivity contribution is 6.34. The molecule has 0 bridgehead atoms. The molecule has 3 aromatic carbocycles. The van der Waals surface area contributed by atoms with Crippen LogP contribution in [0.4, 0.5) is 13.6 Å². The molecule has 4 N–H and O–H groups in total. The lowest BCUT2D eigenvalue weighted by atomic mass is 9.78. The second kappa shape index (κ2) is 12.0. The number of rotatable bonds is 7. The van der Waals surface area contributed by atoms with Gasteiger partial charge in [-0.25, -0.2) is 13.6 Å². The average molecular weight is 659 g/mol. The molecule has 46 heavy (non-hydrogen) atoms. The van der Waals surface area contributed by atoms with Crippen LogP contribution in [-0.2, 0) is 16.8 Å². The molecule has 3 unspecified atom stereocenters. The number of β-amino-alcohol motifs (C(OH)–C–C–N with tert-alkyl or cyclic N) is 1. The van der Waals surface area contributed by atoms with E-state index in [-0.39, 0.29) is 54.2 Å². The molecule has 246 valence electrons. The number of benzene rings is 3. The molecule has 12 heteroatoms. The van der Waals surface area contributed by atoms with Crippen molar-refractivity contribution in [2.75, 3.05) is 13.2 Å². The maximum atomic E-state index is 16.3. The molecule has 0 aliphatic carbocycles. The minimum atomic E-state index is -1.43. The highest BCUT2D eigenvalue weighted by Crippen LogP contribution is 2.54. The standard InChI is InChI=1S/C34H37ClF2N2O7/c1-18(40)16-44-23-12-11-20(30(38)41)27(29(23)37)26-21-14-34(19-9-7-6-8-10-19,45-24(21)13-22(36)28(26)35)25-15-33(5,43)17-39(25)31(42)46-32(2,3)4/h6-13,18,25,40,43H,14-17H2,1-5H3,(H2,38,41)/t18?,25?,33?,34-/m0/s1. The van der Waals surface area contributed by atoms with Crippen molar-refractivity contribution in [1.29, 1.82) is 0 Å². The lowest BCUT2D eigenvalue weighted by Gasteiger charge is -2.40. The van der Waals surface area contributed by atoms with Gasteiger partial charge >= 0.3 is 6.09 Å². The summed E-state index contributed by atoms with van der Waals surface area (Å²) in [6, 6.07) is 11.6. The molecule has 2 amide bonds. The lowest BCUT2D eigenvalue weighted by Crippen LogP contribution is -2.53. The number of amides is 2. The molecule has 1 fully saturated rings. The number of ether oxygens (including phenoxy) is 3. The first kappa shape index (κ1) is 33.4. The van der Waals surface area contributed by atoms with Crippen LogP contribution in [0.3, 0.4) is 0 Å². The molecule has 1 saturated heterocycles. The van der Waals surface area contributed by atoms with E-state index in [0.29, 0.717) is 5.56 Å². The number of aliphatic hydroxyl groups is 2. The van der Waals surface area contributed by atoms with Crippen molar-refractivity contribution in [3.05, 3.63) is 81.9 Å². The molecule has 4 atom stereocenters. The number of likely N-dealkylation sites (tertiary alicyclic amines) is 1. The zero-order valence-corrected chi connectivity index (χ0v) is 27.0. The van der Waals surface area contributed by atoms with E-state index < -0.39 is 63.2 Å². The van der Waals surface area contributed by atoms with Gasteiger partial charge in [-0.3, -0.25) is 9.69 Å². The van der Waals surface area contributed by atoms with Crippen molar-refractivity contribution in [3.8, 4) is 22.6 Å². The Balaban J connectivity index is 1.74. The third kappa shape index (κ3) is 6.23. The topological polar surface area (TPSA) is 132 Å². The Bertz CT molecular complexity index is 1680. The second-order valence-electron chi connectivity index (χ2n) is 13.2. The smallest absolute Gasteiger partial charge is 0.410 e. The highest BCUT2D eigenvalue weighted by atomic mass is 35.5. The van der Waals surface area contributed by atoms with Gasteiger partial charge < -0.3 is 30.2 Å². The largest absolute Gasteiger partial charge is 0.488 e. The summed E-state index contributed by atoms with van der Waals surface area (Å²) in [5.74, 6) is -3.30. The Morgan fingerprint density at radius 3 is 2.46 bits per heavy atom. The van der Waals surface area contributed by atoms with Crippen molar-refractivity contribution in [3.63, 3.8) is 0 Å². The van der Waals surface area contributed by atoms with Crippen molar-refractivity contribution >= 4 is 23.6 Å². The van der Waals surface area contributed by atoms with E-state index in [1.807, 2.05) is 0 Å². The minimum Gasteiger partial charge on any atom is -0.488 e. The van der Waals surface area contributed by atoms with Gasteiger partial charge in [0.25, 0.3) is 0 Å². The maximum Gasteiger partial charge on any atom is 0.410 e. The number of nitrogens with zero attached hydrogens (tertiary/aromatic N) is 1. The number of halogens is 3. The fourth-order valence-corrected chi connectivity index (χ4v) is 6.51. The molecular formula is C34H37ClF2N2O7. The Morgan fingerprint density at radius 1 is 1.17 bits per heavy atom. The normalized spacial score (nSPS) is 23.1. The molecule has 0 saturated carbocycles. The summed E-state index contributed by atoms with van der Waals surface area (Å²) in [5.41, 5.74) is 2.04. The van der Waals surface area contributed by atoms with Crippen LogP contribution in [0.5, 0.6) is 11.5 Å². The van der Waals surface area contributed by atoms with Crippen molar-refractivity contribution in [2.24, 2.45) is 5.73 Å². The number of hydrogen-bond donors (Lipinski definition) is 3. The molecule has 5 rings (SSSR count). The molecule has 2 aliphatic rings. The zero-order chi connectivity index (χ0) is 33.8. The molecular weight excluding hydrogens is 622 g/mol. The van der Waals surface area contributed by atoms with Gasteiger partial charge in [0.2, 0.25) is 5.91 Å². The fraction of sp³-hybridized carbons (Fsp3) is 0.412. The molecule has 3 aromatic rings. The highest BCUT2D eigenvalue weighted by Gasteiger charge is 2.58. The quantitative estimate of drug-likeness (QED) is 0.295. The maximum absolute atomic E-state index is 16.3. The summed E-state index contributed by atoms with van der Waals surface area (Å²) in [6.07, 6.45) is -1.63. The molecule has 0 spiro atoms. The lowest BCUT2D eigenvalue weighted by molar-refractivity contribution is -0.0216. The third-order valence-corrected chi connectivity index (χ3v) is 8.44. The van der Waals surface area contributed by atoms with Gasteiger partial charge in [-0.05, 0) is 52.3 Å². The van der Waals surface area contributed by atoms with Gasteiger partial charge in [0.05, 0.1) is 34.9 Å². The first-order chi connectivity index (χ1) is 21.4. The van der Waals surface area contributed by atoms with E-state index in [4.69, 9.17) is 31.5 Å². The number of fused-ring (bicyclic) bond motifs is 1. The first-order valence-corrected chi connectivity index (χ1v) is 15.2. The van der Waals surface area contributed by atoms with Crippen LogP contribution >= 0.6 is 11.6 Å². The van der Waals surface area contributed by atoms with Crippen LogP contribution in [0, 0.1) is 11.6 Å². The van der Waals surface area contributed by atoms with E-state index in [9.17, 15) is 19.8 Å². The number of nitrogens with two attached hydrogens (primary N) is 1. The molecule has 2 heterocycles. The summed E-state index contributed by atoms with van der Waals surface area (Å²) in [7, 11) is 0. The van der Waals surface area contributed by atoms with Crippen LogP contribution in [0.25, 0.3) is 11.1 Å². The zero-order valence-electron chi connectivity index (χ0n) is 26.2. The number of primary amides is 1. The van der Waals surface area contributed by atoms with Gasteiger partial charge in [-0.15, -0.1) is 0 Å². The SMILES string of the molecule is CC(O)COc1ccc(C(N)=O)c(-c2c(Cl)c(F)cc3c2C[C@](c2ccccc2)(C2CC(C)(O)CN2C(=O)OC(C)(C)C)O3)c1F. The van der Waals surface area contributed by atoms with Gasteiger partial charge in [0, 0.05) is 35.6 Å². The monoisotopic (exact) mass is 658 g/mol. The third-order valence-electron chi connectivity index (χ3n) is 8.07. The van der Waals surface area contributed by atoms with Crippen LogP contribution in [-0.4, -0.2) is 63.6 Å². The predicted octanol–water partition coefficient (Wildman–Crippen LogP) is 5.73. The van der Waals surface area contributed by atoms with Crippen molar-refractivity contribution in [2.45, 2.75) is 76.4 Å². The molecule has 0 radical (unpaired) electrons. The Hall–Kier alpha value is -3.93. The van der Waals surface area contributed by atoms with E-state index in [0.717, 1.165) is 6.07 Å². The number of carbonyl (C=O) groups is 2. The van der Waals surface area contributed by atoms with Crippen molar-refractivity contribution in [1.82, 2.24) is 4.90 Å². The average Bonchev–Trinajstić information content (AvgIpc) is 3.50. The minimum absolute atomic E-state index is 0.00144. The predicted molar refractivity (Wildman–Crippen MR) is 167 cm³/mol. The molecule has 0 aromatic heterocycles. The Kier molecular flexibility index (Phi) is 8.74. The van der Waals surface area contributed by atoms with E-state index in [2.05, 4.69) is 0 Å². The van der Waals surface area contributed by atoms with Gasteiger partial charge in [0.15, 0.2) is 17.2 Å². The van der Waals surface area contributed by atoms with Gasteiger partial charge in [-0.1, -0.05) is 41.9 Å². The number of carbonyl (C=O) groups excluding carboxylic acids is 2. The summed E-state index contributed by atoms with van der Waals surface area (Å²) >= 11 is 6.58. The van der Waals surface area contributed by atoms with Crippen LogP contribution in [0.15, 0.2) is 48.5 Å². The second-order valence-corrected chi connectivity index (χ2v) is 13.6. The summed E-state index contributed by atoms with van der Waals surface area (Å²) in [4.78, 5) is 27.6. The summed E-state index contributed by atoms with van der Waals surface area (Å²) in [6.45, 7) is 7.89. The Morgan fingerprint density at radius 2 is 1.85 bits per heavy atom.